The van der Waals surface area contributed by atoms with Crippen molar-refractivity contribution in [3.8, 4) is 5.75 Å². The summed E-state index contributed by atoms with van der Waals surface area (Å²) in [5.74, 6) is 0.844. The lowest BCUT2D eigenvalue weighted by atomic mass is 10.2. The van der Waals surface area contributed by atoms with E-state index in [4.69, 9.17) is 4.74 Å². The van der Waals surface area contributed by atoms with Crippen LogP contribution in [0.4, 0.5) is 5.13 Å². The lowest BCUT2D eigenvalue weighted by molar-refractivity contribution is 0.321. The van der Waals surface area contributed by atoms with Crippen LogP contribution in [0.2, 0.25) is 0 Å². The fraction of sp³-hybridized carbons (Fsp3) is 0.286. The molecule has 2 aromatic heterocycles. The molecule has 0 bridgehead atoms. The van der Waals surface area contributed by atoms with Gasteiger partial charge in [-0.15, -0.1) is 0 Å². The molecule has 19 heavy (non-hydrogen) atoms. The zero-order valence-corrected chi connectivity index (χ0v) is 11.8. The quantitative estimate of drug-likeness (QED) is 0.787. The van der Waals surface area contributed by atoms with E-state index in [2.05, 4.69) is 22.2 Å². The predicted octanol–water partition coefficient (Wildman–Crippen LogP) is 3.68. The van der Waals surface area contributed by atoms with Crippen molar-refractivity contribution in [2.24, 2.45) is 0 Å². The van der Waals surface area contributed by atoms with E-state index < -0.39 is 0 Å². The van der Waals surface area contributed by atoms with E-state index in [0.717, 1.165) is 38.4 Å². The number of thiazole rings is 1. The summed E-state index contributed by atoms with van der Waals surface area (Å²) in [5.41, 5.74) is 1.87. The van der Waals surface area contributed by atoms with Crippen molar-refractivity contribution in [2.45, 2.75) is 13.3 Å². The van der Waals surface area contributed by atoms with Gasteiger partial charge < -0.3 is 10.1 Å². The second-order valence-corrected chi connectivity index (χ2v) is 5.27. The van der Waals surface area contributed by atoms with Gasteiger partial charge in [0.25, 0.3) is 0 Å². The molecule has 1 aromatic carbocycles. The van der Waals surface area contributed by atoms with Crippen LogP contribution in [0, 0.1) is 0 Å². The van der Waals surface area contributed by atoms with Gasteiger partial charge in [-0.3, -0.25) is 4.98 Å². The Morgan fingerprint density at radius 1 is 1.37 bits per heavy atom. The van der Waals surface area contributed by atoms with Gasteiger partial charge in [-0.05, 0) is 18.6 Å². The average molecular weight is 273 g/mol. The zero-order valence-electron chi connectivity index (χ0n) is 10.9. The largest absolute Gasteiger partial charge is 0.491 e. The van der Waals surface area contributed by atoms with Crippen molar-refractivity contribution in [3.63, 3.8) is 0 Å². The third kappa shape index (κ3) is 2.10. The van der Waals surface area contributed by atoms with Crippen LogP contribution in [-0.4, -0.2) is 23.6 Å². The molecule has 98 valence electrons. The Labute approximate surface area is 115 Å². The van der Waals surface area contributed by atoms with Crippen molar-refractivity contribution in [2.75, 3.05) is 19.0 Å². The predicted molar refractivity (Wildman–Crippen MR) is 80.3 cm³/mol. The van der Waals surface area contributed by atoms with Crippen LogP contribution < -0.4 is 10.1 Å². The van der Waals surface area contributed by atoms with Gasteiger partial charge in [0, 0.05) is 24.7 Å². The molecular weight excluding hydrogens is 258 g/mol. The second kappa shape index (κ2) is 5.01. The van der Waals surface area contributed by atoms with E-state index in [9.17, 15) is 0 Å². The number of nitrogens with zero attached hydrogens (tertiary/aromatic N) is 2. The molecule has 0 fully saturated rings. The molecule has 3 aromatic rings. The number of benzene rings is 1. The smallest absolute Gasteiger partial charge is 0.183 e. The van der Waals surface area contributed by atoms with Crippen molar-refractivity contribution < 1.29 is 4.74 Å². The Kier molecular flexibility index (Phi) is 3.21. The van der Waals surface area contributed by atoms with Crippen LogP contribution in [0.25, 0.3) is 21.1 Å². The third-order valence-corrected chi connectivity index (χ3v) is 3.91. The number of hydrogen-bond acceptors (Lipinski definition) is 5. The molecule has 4 nitrogen and oxygen atoms in total. The molecular formula is C14H15N3OS. The maximum atomic E-state index is 5.82. The highest BCUT2D eigenvalue weighted by Crippen LogP contribution is 2.36. The molecule has 0 amide bonds. The standard InChI is InChI=1S/C14H15N3OS/c1-3-7-18-10-8-11-13(17-14(15-2)19-11)9-5-4-6-16-12(9)10/h4-6,8H,3,7H2,1-2H3,(H,15,17). The van der Waals surface area contributed by atoms with Crippen LogP contribution in [-0.2, 0) is 0 Å². The first kappa shape index (κ1) is 12.2. The number of fused-ring (bicyclic) bond motifs is 3. The van der Waals surface area contributed by atoms with Crippen LogP contribution in [0.3, 0.4) is 0 Å². The summed E-state index contributed by atoms with van der Waals surface area (Å²) in [7, 11) is 1.88. The summed E-state index contributed by atoms with van der Waals surface area (Å²) in [6.07, 6.45) is 2.77. The Morgan fingerprint density at radius 2 is 2.26 bits per heavy atom. The maximum Gasteiger partial charge on any atom is 0.183 e. The Bertz CT molecular complexity index is 723. The molecule has 2 heterocycles. The number of pyridine rings is 1. The highest BCUT2D eigenvalue weighted by Gasteiger charge is 2.12. The number of hydrogen-bond donors (Lipinski definition) is 1. The molecule has 3 rings (SSSR count). The van der Waals surface area contributed by atoms with Gasteiger partial charge in [-0.1, -0.05) is 18.3 Å². The highest BCUT2D eigenvalue weighted by molar-refractivity contribution is 7.22. The molecule has 0 saturated heterocycles. The number of nitrogens with one attached hydrogen (secondary N) is 1. The summed E-state index contributed by atoms with van der Waals surface area (Å²) in [5, 5.41) is 5.05. The summed E-state index contributed by atoms with van der Waals surface area (Å²) < 4.78 is 6.94. The molecule has 5 heteroatoms. The molecule has 0 aliphatic carbocycles. The van der Waals surface area contributed by atoms with Crippen LogP contribution in [0.15, 0.2) is 24.4 Å². The summed E-state index contributed by atoms with van der Waals surface area (Å²) >= 11 is 1.63. The summed E-state index contributed by atoms with van der Waals surface area (Å²) in [6.45, 7) is 2.80. The lowest BCUT2D eigenvalue weighted by Gasteiger charge is -2.07. The van der Waals surface area contributed by atoms with Gasteiger partial charge in [0.05, 0.1) is 16.8 Å². The molecule has 0 aliphatic rings. The average Bonchev–Trinajstić information content (AvgIpc) is 2.88. The second-order valence-electron chi connectivity index (χ2n) is 4.24. The first-order valence-corrected chi connectivity index (χ1v) is 7.14. The van der Waals surface area contributed by atoms with Gasteiger partial charge in [0.1, 0.15) is 11.3 Å². The van der Waals surface area contributed by atoms with E-state index in [1.54, 1.807) is 17.5 Å². The van der Waals surface area contributed by atoms with Crippen LogP contribution in [0.1, 0.15) is 13.3 Å². The van der Waals surface area contributed by atoms with Crippen LogP contribution in [0.5, 0.6) is 5.75 Å². The SMILES string of the molecule is CCCOc1cc2sc(NC)nc2c2cccnc12. The van der Waals surface area contributed by atoms with E-state index >= 15 is 0 Å². The summed E-state index contributed by atoms with van der Waals surface area (Å²) in [4.78, 5) is 9.03. The lowest BCUT2D eigenvalue weighted by Crippen LogP contribution is -1.96. The fourth-order valence-corrected chi connectivity index (χ4v) is 2.90. The van der Waals surface area contributed by atoms with Gasteiger partial charge in [-0.25, -0.2) is 4.98 Å². The van der Waals surface area contributed by atoms with Crippen molar-refractivity contribution in [1.82, 2.24) is 9.97 Å². The zero-order chi connectivity index (χ0) is 13.2. The maximum absolute atomic E-state index is 5.82. The Balaban J connectivity index is 2.28. The van der Waals surface area contributed by atoms with Gasteiger partial charge in [-0.2, -0.15) is 0 Å². The Hall–Kier alpha value is -1.88. The number of aromatic nitrogens is 2. The van der Waals surface area contributed by atoms with Crippen LogP contribution >= 0.6 is 11.3 Å². The minimum absolute atomic E-state index is 0.703. The van der Waals surface area contributed by atoms with Crippen molar-refractivity contribution in [1.29, 1.82) is 0 Å². The first-order valence-electron chi connectivity index (χ1n) is 6.32. The fourth-order valence-electron chi connectivity index (χ4n) is 2.03. The van der Waals surface area contributed by atoms with E-state index in [1.807, 2.05) is 25.2 Å². The summed E-state index contributed by atoms with van der Waals surface area (Å²) in [6, 6.07) is 6.02. The topological polar surface area (TPSA) is 47.0 Å². The van der Waals surface area contributed by atoms with E-state index in [1.165, 1.54) is 0 Å². The Morgan fingerprint density at radius 3 is 3.05 bits per heavy atom. The van der Waals surface area contributed by atoms with E-state index in [0.29, 0.717) is 6.61 Å². The van der Waals surface area contributed by atoms with Crippen molar-refractivity contribution in [3.05, 3.63) is 24.4 Å². The van der Waals surface area contributed by atoms with Gasteiger partial charge in [0.2, 0.25) is 0 Å². The minimum atomic E-state index is 0.703. The molecule has 0 atom stereocenters. The third-order valence-electron chi connectivity index (χ3n) is 2.89. The number of ether oxygens (including phenoxy) is 1. The first-order chi connectivity index (χ1) is 9.33. The van der Waals surface area contributed by atoms with Gasteiger partial charge >= 0.3 is 0 Å². The monoisotopic (exact) mass is 273 g/mol. The molecule has 0 aliphatic heterocycles. The van der Waals surface area contributed by atoms with Gasteiger partial charge in [0.15, 0.2) is 5.13 Å². The minimum Gasteiger partial charge on any atom is -0.491 e. The molecule has 0 radical (unpaired) electrons. The normalized spacial score (nSPS) is 11.1. The number of rotatable bonds is 4. The van der Waals surface area contributed by atoms with Crippen molar-refractivity contribution >= 4 is 37.6 Å². The van der Waals surface area contributed by atoms with E-state index in [-0.39, 0.29) is 0 Å². The molecule has 1 N–H and O–H groups in total. The highest BCUT2D eigenvalue weighted by atomic mass is 32.1. The molecule has 0 saturated carbocycles. The molecule has 0 unspecified atom stereocenters. The number of anilines is 1. The molecule has 0 spiro atoms.